The lowest BCUT2D eigenvalue weighted by Crippen LogP contribution is -2.39. The van der Waals surface area contributed by atoms with Crippen molar-refractivity contribution in [2.75, 3.05) is 26.6 Å². The van der Waals surface area contributed by atoms with Gasteiger partial charge in [-0.1, -0.05) is 6.92 Å². The van der Waals surface area contributed by atoms with Gasteiger partial charge in [-0.2, -0.15) is 9.97 Å². The van der Waals surface area contributed by atoms with Crippen LogP contribution in [0.15, 0.2) is 6.33 Å². The lowest BCUT2D eigenvalue weighted by atomic mass is 10.2. The first-order chi connectivity index (χ1) is 9.14. The Hall–Kier alpha value is -1.93. The quantitative estimate of drug-likeness (QED) is 0.742. The number of methoxy groups -OCH3 is 2. The Morgan fingerprint density at radius 2 is 2.05 bits per heavy atom. The van der Waals surface area contributed by atoms with Gasteiger partial charge in [-0.3, -0.25) is 0 Å². The lowest BCUT2D eigenvalue weighted by Gasteiger charge is -2.29. The molecule has 104 valence electrons. The molecule has 2 rings (SSSR count). The van der Waals surface area contributed by atoms with E-state index in [4.69, 9.17) is 19.9 Å². The summed E-state index contributed by atoms with van der Waals surface area (Å²) in [5, 5.41) is 0. The first kappa shape index (κ1) is 13.5. The zero-order valence-corrected chi connectivity index (χ0v) is 11.1. The van der Waals surface area contributed by atoms with Gasteiger partial charge in [0.15, 0.2) is 5.65 Å². The zero-order chi connectivity index (χ0) is 13.9. The highest BCUT2D eigenvalue weighted by molar-refractivity contribution is 5.76. The van der Waals surface area contributed by atoms with Crippen molar-refractivity contribution in [3.05, 3.63) is 6.33 Å². The molecule has 2 aromatic rings. The van der Waals surface area contributed by atoms with Gasteiger partial charge in [0.25, 0.3) is 0 Å². The highest BCUT2D eigenvalue weighted by Gasteiger charge is 2.29. The highest BCUT2D eigenvalue weighted by Crippen LogP contribution is 2.23. The largest absolute Gasteiger partial charge is 0.470 e. The predicted molar refractivity (Wildman–Crippen MR) is 68.6 cm³/mol. The molecule has 0 bridgehead atoms. The van der Waals surface area contributed by atoms with Crippen LogP contribution in [-0.2, 0) is 9.47 Å². The number of nitrogens with one attached hydrogen (secondary N) is 1. The summed E-state index contributed by atoms with van der Waals surface area (Å²) in [6.07, 6.45) is 2.14. The smallest absolute Gasteiger partial charge is 0.245 e. The van der Waals surface area contributed by atoms with Crippen molar-refractivity contribution in [3.63, 3.8) is 0 Å². The third-order valence-corrected chi connectivity index (χ3v) is 2.98. The predicted octanol–water partition coefficient (Wildman–Crippen LogP) is 0.713. The minimum atomic E-state index is -0.813. The topological polar surface area (TPSA) is 108 Å². The molecule has 0 aliphatic rings. The summed E-state index contributed by atoms with van der Waals surface area (Å²) in [5.74, 6) is -0.384. The molecule has 0 saturated heterocycles. The van der Waals surface area contributed by atoms with E-state index in [1.54, 1.807) is 14.2 Å². The van der Waals surface area contributed by atoms with Gasteiger partial charge in [0, 0.05) is 20.6 Å². The fourth-order valence-electron chi connectivity index (χ4n) is 1.70. The lowest BCUT2D eigenvalue weighted by molar-refractivity contribution is -0.223. The number of anilines is 1. The number of nitrogens with two attached hydrogens (primary N) is 1. The van der Waals surface area contributed by atoms with Gasteiger partial charge in [0.2, 0.25) is 17.6 Å². The molecule has 0 radical (unpaired) electrons. The molecule has 2 aromatic heterocycles. The van der Waals surface area contributed by atoms with Gasteiger partial charge in [-0.25, -0.2) is 4.98 Å². The fraction of sp³-hybridized carbons (Fsp3) is 0.545. The Morgan fingerprint density at radius 3 is 2.68 bits per heavy atom. The number of hydrogen-bond acceptors (Lipinski definition) is 7. The van der Waals surface area contributed by atoms with E-state index in [-0.39, 0.29) is 12.6 Å². The summed E-state index contributed by atoms with van der Waals surface area (Å²) in [5.41, 5.74) is 6.65. The molecule has 2 heterocycles. The van der Waals surface area contributed by atoms with Gasteiger partial charge >= 0.3 is 0 Å². The number of nitrogens with zero attached hydrogens (tertiary/aromatic N) is 3. The first-order valence-corrected chi connectivity index (χ1v) is 5.84. The van der Waals surface area contributed by atoms with Crippen molar-refractivity contribution in [2.24, 2.45) is 0 Å². The molecule has 0 atom stereocenters. The SMILES string of the molecule is CCC(COc1nc(N)nc2nc[nH]c12)(OC)OC. The molecule has 0 aliphatic heterocycles. The zero-order valence-electron chi connectivity index (χ0n) is 11.1. The van der Waals surface area contributed by atoms with E-state index >= 15 is 0 Å². The third-order valence-electron chi connectivity index (χ3n) is 2.98. The first-order valence-electron chi connectivity index (χ1n) is 5.84. The summed E-state index contributed by atoms with van der Waals surface area (Å²) in [7, 11) is 3.13. The average Bonchev–Trinajstić information content (AvgIpc) is 2.88. The molecule has 0 aliphatic carbocycles. The normalized spacial score (nSPS) is 11.9. The van der Waals surface area contributed by atoms with Gasteiger partial charge in [-0.15, -0.1) is 0 Å². The van der Waals surface area contributed by atoms with Gasteiger partial charge in [0.1, 0.15) is 12.1 Å². The van der Waals surface area contributed by atoms with Crippen LogP contribution in [0.1, 0.15) is 13.3 Å². The van der Waals surface area contributed by atoms with Gasteiger partial charge in [-0.05, 0) is 0 Å². The number of rotatable bonds is 6. The Morgan fingerprint density at radius 1 is 1.32 bits per heavy atom. The van der Waals surface area contributed by atoms with Crippen molar-refractivity contribution in [1.29, 1.82) is 0 Å². The van der Waals surface area contributed by atoms with Crippen LogP contribution in [0.4, 0.5) is 5.95 Å². The van der Waals surface area contributed by atoms with Crippen LogP contribution in [0, 0.1) is 0 Å². The number of hydrogen-bond donors (Lipinski definition) is 2. The molecular formula is C11H17N5O3. The van der Waals surface area contributed by atoms with Crippen LogP contribution in [0.5, 0.6) is 5.88 Å². The molecule has 19 heavy (non-hydrogen) atoms. The Labute approximate surface area is 110 Å². The second-order valence-electron chi connectivity index (χ2n) is 3.95. The molecule has 8 nitrogen and oxygen atoms in total. The van der Waals surface area contributed by atoms with Crippen molar-refractivity contribution in [3.8, 4) is 5.88 Å². The minimum absolute atomic E-state index is 0.103. The van der Waals surface area contributed by atoms with Crippen molar-refractivity contribution >= 4 is 17.1 Å². The maximum atomic E-state index is 5.64. The molecular weight excluding hydrogens is 250 g/mol. The van der Waals surface area contributed by atoms with Gasteiger partial charge < -0.3 is 24.9 Å². The summed E-state index contributed by atoms with van der Waals surface area (Å²) in [6.45, 7) is 2.12. The fourth-order valence-corrected chi connectivity index (χ4v) is 1.70. The van der Waals surface area contributed by atoms with Crippen LogP contribution in [0.2, 0.25) is 0 Å². The molecule has 0 aromatic carbocycles. The van der Waals surface area contributed by atoms with Crippen LogP contribution in [0.25, 0.3) is 11.2 Å². The molecule has 8 heteroatoms. The number of aromatic nitrogens is 4. The van der Waals surface area contributed by atoms with Crippen LogP contribution >= 0.6 is 0 Å². The van der Waals surface area contributed by atoms with E-state index in [1.807, 2.05) is 6.92 Å². The van der Waals surface area contributed by atoms with Crippen LogP contribution in [-0.4, -0.2) is 46.5 Å². The molecule has 0 saturated carbocycles. The van der Waals surface area contributed by atoms with Crippen molar-refractivity contribution < 1.29 is 14.2 Å². The maximum absolute atomic E-state index is 5.64. The van der Waals surface area contributed by atoms with E-state index in [0.29, 0.717) is 23.5 Å². The molecule has 0 unspecified atom stereocenters. The standard InChI is InChI=1S/C11H17N5O3/c1-4-11(17-2,18-3)5-19-9-7-8(14-6-13-7)15-10(12)16-9/h6H,4-5H2,1-3H3,(H3,12,13,14,15,16). The number of fused-ring (bicyclic) bond motifs is 1. The molecule has 0 spiro atoms. The third kappa shape index (κ3) is 2.59. The van der Waals surface area contributed by atoms with E-state index in [1.165, 1.54) is 6.33 Å². The molecule has 3 N–H and O–H groups in total. The van der Waals surface area contributed by atoms with Gasteiger partial charge in [0.05, 0.1) is 6.33 Å². The molecule has 0 fully saturated rings. The molecule has 0 amide bonds. The van der Waals surface area contributed by atoms with Crippen molar-refractivity contribution in [2.45, 2.75) is 19.1 Å². The van der Waals surface area contributed by atoms with Crippen LogP contribution in [0.3, 0.4) is 0 Å². The number of H-pyrrole nitrogens is 1. The summed E-state index contributed by atoms with van der Waals surface area (Å²) in [4.78, 5) is 14.9. The van der Waals surface area contributed by atoms with E-state index in [0.717, 1.165) is 0 Å². The average molecular weight is 267 g/mol. The van der Waals surface area contributed by atoms with Crippen molar-refractivity contribution in [1.82, 2.24) is 19.9 Å². The Balaban J connectivity index is 2.24. The van der Waals surface area contributed by atoms with E-state index in [2.05, 4.69) is 19.9 Å². The summed E-state index contributed by atoms with van der Waals surface area (Å²) >= 11 is 0. The highest BCUT2D eigenvalue weighted by atomic mass is 16.7. The Kier molecular flexibility index (Phi) is 3.82. The summed E-state index contributed by atoms with van der Waals surface area (Å²) < 4.78 is 16.3. The number of nitrogen functional groups attached to an aromatic ring is 1. The number of ether oxygens (including phenoxy) is 3. The minimum Gasteiger partial charge on any atom is -0.470 e. The second kappa shape index (κ2) is 5.37. The second-order valence-corrected chi connectivity index (χ2v) is 3.95. The Bertz CT molecular complexity index is 544. The van der Waals surface area contributed by atoms with E-state index < -0.39 is 5.79 Å². The number of imidazole rings is 1. The summed E-state index contributed by atoms with van der Waals surface area (Å²) in [6, 6.07) is 0. The number of aromatic amines is 1. The van der Waals surface area contributed by atoms with E-state index in [9.17, 15) is 0 Å². The monoisotopic (exact) mass is 267 g/mol. The van der Waals surface area contributed by atoms with Crippen LogP contribution < -0.4 is 10.5 Å². The maximum Gasteiger partial charge on any atom is 0.245 e.